The van der Waals surface area contributed by atoms with Crippen molar-refractivity contribution < 1.29 is 13.9 Å². The first-order valence-electron chi connectivity index (χ1n) is 11.0. The number of carbonyl (C=O) groups excluding carboxylic acids is 1. The molecule has 8 heteroatoms. The zero-order valence-corrected chi connectivity index (χ0v) is 19.3. The highest BCUT2D eigenvalue weighted by Gasteiger charge is 2.37. The van der Waals surface area contributed by atoms with Crippen LogP contribution in [0.5, 0.6) is 5.88 Å². The number of nitrogens with two attached hydrogens (primary N) is 1. The maximum Gasteiger partial charge on any atom is 0.258 e. The van der Waals surface area contributed by atoms with Crippen molar-refractivity contribution in [2.45, 2.75) is 39.7 Å². The minimum absolute atomic E-state index is 0.131. The number of methoxy groups -OCH3 is 1. The van der Waals surface area contributed by atoms with Crippen molar-refractivity contribution >= 4 is 11.9 Å². The molecule has 0 saturated carbocycles. The van der Waals surface area contributed by atoms with E-state index in [1.54, 1.807) is 19.1 Å². The number of hydrogen-bond donors (Lipinski definition) is 1. The van der Waals surface area contributed by atoms with Crippen LogP contribution in [-0.4, -0.2) is 39.4 Å². The molecule has 0 aliphatic carbocycles. The number of aromatic nitrogens is 3. The fourth-order valence-corrected chi connectivity index (χ4v) is 4.31. The van der Waals surface area contributed by atoms with Gasteiger partial charge in [0.15, 0.2) is 0 Å². The number of fused-ring (bicyclic) bond motifs is 1. The number of benzene rings is 1. The van der Waals surface area contributed by atoms with E-state index in [0.717, 1.165) is 12.0 Å². The number of halogens is 1. The van der Waals surface area contributed by atoms with E-state index in [1.807, 2.05) is 17.0 Å². The lowest BCUT2D eigenvalue weighted by molar-refractivity contribution is 0.0633. The molecule has 172 valence electrons. The van der Waals surface area contributed by atoms with E-state index in [-0.39, 0.29) is 23.7 Å². The quantitative estimate of drug-likeness (QED) is 0.601. The molecule has 7 nitrogen and oxygen atoms in total. The molecule has 1 aliphatic heterocycles. The zero-order valence-electron chi connectivity index (χ0n) is 19.3. The van der Waals surface area contributed by atoms with E-state index in [4.69, 9.17) is 10.5 Å². The molecule has 2 N–H and O–H groups in total. The monoisotopic (exact) mass is 449 g/mol. The van der Waals surface area contributed by atoms with Crippen LogP contribution in [0.4, 0.5) is 10.3 Å². The highest BCUT2D eigenvalue weighted by atomic mass is 19.1. The number of anilines is 1. The Labute approximate surface area is 192 Å². The first-order chi connectivity index (χ1) is 15.8. The van der Waals surface area contributed by atoms with Crippen LogP contribution in [0.15, 0.2) is 36.4 Å². The van der Waals surface area contributed by atoms with E-state index in [2.05, 4.69) is 28.8 Å². The lowest BCUT2D eigenvalue weighted by Gasteiger charge is -2.38. The molecular formula is C25H28FN5O2. The molecule has 1 atom stereocenters. The summed E-state index contributed by atoms with van der Waals surface area (Å²) in [7, 11) is 1.54. The number of aryl methyl sites for hydroxylation is 1. The lowest BCUT2D eigenvalue weighted by atomic mass is 9.88. The van der Waals surface area contributed by atoms with Gasteiger partial charge in [-0.25, -0.2) is 19.3 Å². The second-order valence-corrected chi connectivity index (χ2v) is 8.69. The van der Waals surface area contributed by atoms with Crippen LogP contribution in [0.3, 0.4) is 0 Å². The Morgan fingerprint density at radius 3 is 2.73 bits per heavy atom. The Morgan fingerprint density at radius 1 is 1.21 bits per heavy atom. The summed E-state index contributed by atoms with van der Waals surface area (Å²) in [4.78, 5) is 28.6. The average molecular weight is 450 g/mol. The van der Waals surface area contributed by atoms with Crippen molar-refractivity contribution in [2.75, 3.05) is 19.4 Å². The normalized spacial score (nSPS) is 15.6. The van der Waals surface area contributed by atoms with Gasteiger partial charge in [0.05, 0.1) is 35.8 Å². The molecule has 33 heavy (non-hydrogen) atoms. The Balaban J connectivity index is 1.87. The number of pyridine rings is 1. The molecule has 1 aliphatic rings. The molecule has 4 rings (SSSR count). The summed E-state index contributed by atoms with van der Waals surface area (Å²) in [5.74, 6) is 0.476. The van der Waals surface area contributed by atoms with E-state index in [9.17, 15) is 9.18 Å². The molecule has 0 radical (unpaired) electrons. The summed E-state index contributed by atoms with van der Waals surface area (Å²) >= 11 is 0. The highest BCUT2D eigenvalue weighted by molar-refractivity contribution is 5.98. The number of nitrogen functional groups attached to an aromatic ring is 1. The second kappa shape index (κ2) is 9.13. The second-order valence-electron chi connectivity index (χ2n) is 8.69. The molecule has 3 heterocycles. The largest absolute Gasteiger partial charge is 0.481 e. The molecule has 0 bridgehead atoms. The van der Waals surface area contributed by atoms with Gasteiger partial charge in [-0.2, -0.15) is 0 Å². The predicted octanol–water partition coefficient (Wildman–Crippen LogP) is 4.36. The van der Waals surface area contributed by atoms with Gasteiger partial charge < -0.3 is 15.4 Å². The number of nitrogens with zero attached hydrogens (tertiary/aromatic N) is 4. The van der Waals surface area contributed by atoms with Crippen molar-refractivity contribution in [1.82, 2.24) is 19.9 Å². The van der Waals surface area contributed by atoms with Crippen LogP contribution in [0.25, 0.3) is 11.3 Å². The minimum Gasteiger partial charge on any atom is -0.481 e. The van der Waals surface area contributed by atoms with Crippen molar-refractivity contribution in [3.05, 3.63) is 64.7 Å². The standard InChI is InChI=1S/C25H28FN5O2/c1-14(2)10-11-31-21(13-20-23(24(31)32)15(3)28-25(27)30-20)17-9-8-16(26)12-18(17)19-6-5-7-22(29-19)33-4/h5-9,12,14,21H,10-11,13H2,1-4H3,(H2,27,28,30)/t21-/m1/s1. The molecule has 3 aromatic rings. The van der Waals surface area contributed by atoms with Gasteiger partial charge in [-0.05, 0) is 43.0 Å². The smallest absolute Gasteiger partial charge is 0.258 e. The zero-order chi connectivity index (χ0) is 23.7. The third-order valence-electron chi connectivity index (χ3n) is 5.95. The molecule has 1 aromatic carbocycles. The summed E-state index contributed by atoms with van der Waals surface area (Å²) in [5.41, 5.74) is 9.58. The van der Waals surface area contributed by atoms with E-state index >= 15 is 0 Å². The van der Waals surface area contributed by atoms with Crippen molar-refractivity contribution in [3.8, 4) is 17.1 Å². The lowest BCUT2D eigenvalue weighted by Crippen LogP contribution is -2.42. The van der Waals surface area contributed by atoms with E-state index in [0.29, 0.717) is 53.0 Å². The number of rotatable bonds is 6. The number of amides is 1. The highest BCUT2D eigenvalue weighted by Crippen LogP contribution is 2.39. The molecule has 0 spiro atoms. The Morgan fingerprint density at radius 2 is 2.00 bits per heavy atom. The van der Waals surface area contributed by atoms with E-state index < -0.39 is 0 Å². The molecule has 0 unspecified atom stereocenters. The summed E-state index contributed by atoms with van der Waals surface area (Å²) in [6.45, 7) is 6.58. The van der Waals surface area contributed by atoms with Gasteiger partial charge in [-0.1, -0.05) is 26.0 Å². The molecular weight excluding hydrogens is 421 g/mol. The van der Waals surface area contributed by atoms with Gasteiger partial charge in [-0.15, -0.1) is 0 Å². The summed E-state index contributed by atoms with van der Waals surface area (Å²) in [5, 5.41) is 0. The third-order valence-corrected chi connectivity index (χ3v) is 5.95. The number of hydrogen-bond acceptors (Lipinski definition) is 6. The van der Waals surface area contributed by atoms with Crippen LogP contribution in [0.2, 0.25) is 0 Å². The van der Waals surface area contributed by atoms with Crippen molar-refractivity contribution in [3.63, 3.8) is 0 Å². The van der Waals surface area contributed by atoms with Gasteiger partial charge in [0.1, 0.15) is 5.82 Å². The molecule has 1 amide bonds. The SMILES string of the molecule is COc1cccc(-c2cc(F)ccc2[C@H]2Cc3nc(N)nc(C)c3C(=O)N2CCC(C)C)n1. The Kier molecular flexibility index (Phi) is 6.26. The topological polar surface area (TPSA) is 94.2 Å². The first-order valence-corrected chi connectivity index (χ1v) is 11.0. The van der Waals surface area contributed by atoms with Crippen LogP contribution in [0, 0.1) is 18.7 Å². The van der Waals surface area contributed by atoms with Gasteiger partial charge in [0, 0.05) is 24.6 Å². The third kappa shape index (κ3) is 4.51. The van der Waals surface area contributed by atoms with Gasteiger partial charge in [-0.3, -0.25) is 4.79 Å². The minimum atomic E-state index is -0.378. The van der Waals surface area contributed by atoms with Crippen molar-refractivity contribution in [2.24, 2.45) is 5.92 Å². The van der Waals surface area contributed by atoms with Crippen LogP contribution in [-0.2, 0) is 6.42 Å². The maximum absolute atomic E-state index is 14.4. The van der Waals surface area contributed by atoms with Gasteiger partial charge in [0.25, 0.3) is 5.91 Å². The van der Waals surface area contributed by atoms with Gasteiger partial charge in [0.2, 0.25) is 11.8 Å². The summed E-state index contributed by atoms with van der Waals surface area (Å²) < 4.78 is 19.6. The molecule has 0 fully saturated rings. The molecule has 2 aromatic heterocycles. The summed E-state index contributed by atoms with van der Waals surface area (Å²) in [6, 6.07) is 9.61. The molecule has 0 saturated heterocycles. The van der Waals surface area contributed by atoms with Crippen LogP contribution < -0.4 is 10.5 Å². The average Bonchev–Trinajstić information content (AvgIpc) is 2.77. The summed E-state index contributed by atoms with van der Waals surface area (Å²) in [6.07, 6.45) is 1.29. The Hall–Kier alpha value is -3.55. The Bertz CT molecular complexity index is 1200. The van der Waals surface area contributed by atoms with Crippen LogP contribution in [0.1, 0.15) is 53.6 Å². The number of ether oxygens (including phenoxy) is 1. The number of carbonyl (C=O) groups is 1. The van der Waals surface area contributed by atoms with Crippen molar-refractivity contribution in [1.29, 1.82) is 0 Å². The van der Waals surface area contributed by atoms with Crippen LogP contribution >= 0.6 is 0 Å². The predicted molar refractivity (Wildman–Crippen MR) is 124 cm³/mol. The van der Waals surface area contributed by atoms with Gasteiger partial charge >= 0.3 is 0 Å². The first kappa shape index (κ1) is 22.6. The van der Waals surface area contributed by atoms with E-state index in [1.165, 1.54) is 19.2 Å². The fraction of sp³-hybridized carbons (Fsp3) is 0.360. The fourth-order valence-electron chi connectivity index (χ4n) is 4.31. The maximum atomic E-state index is 14.4.